The fraction of sp³-hybridized carbons (Fsp3) is 0.294. The summed E-state index contributed by atoms with van der Waals surface area (Å²) >= 11 is 6.17. The largest absolute Gasteiger partial charge is 0.399 e. The van der Waals surface area contributed by atoms with Crippen molar-refractivity contribution < 1.29 is 0 Å². The Balaban J connectivity index is 2.15. The van der Waals surface area contributed by atoms with Crippen LogP contribution in [-0.4, -0.2) is 30.1 Å². The molecule has 0 saturated carbocycles. The van der Waals surface area contributed by atoms with E-state index in [9.17, 15) is 0 Å². The smallest absolute Gasteiger partial charge is 0.0492 e. The van der Waals surface area contributed by atoms with Gasteiger partial charge in [0.2, 0.25) is 0 Å². The van der Waals surface area contributed by atoms with Crippen molar-refractivity contribution in [3.05, 3.63) is 41.4 Å². The standard InChI is InChI=1S/C17H20ClN3/c1-20(2)8-3-9-21-16-6-4-12(18)10-14(16)15-11-13(19)5-7-17(15)21/h4-7,10-11H,3,8-9,19H2,1-2H3. The Kier molecular flexibility index (Phi) is 3.79. The van der Waals surface area contributed by atoms with Gasteiger partial charge in [0.15, 0.2) is 0 Å². The van der Waals surface area contributed by atoms with Gasteiger partial charge in [-0.3, -0.25) is 0 Å². The average molecular weight is 302 g/mol. The van der Waals surface area contributed by atoms with Gasteiger partial charge >= 0.3 is 0 Å². The fourth-order valence-corrected chi connectivity index (χ4v) is 3.05. The highest BCUT2D eigenvalue weighted by atomic mass is 35.5. The Labute approximate surface area is 129 Å². The third-order valence-corrected chi connectivity index (χ3v) is 4.07. The molecule has 0 aliphatic carbocycles. The molecule has 2 N–H and O–H groups in total. The van der Waals surface area contributed by atoms with Gasteiger partial charge in [0.05, 0.1) is 0 Å². The summed E-state index contributed by atoms with van der Waals surface area (Å²) < 4.78 is 2.37. The summed E-state index contributed by atoms with van der Waals surface area (Å²) in [6.07, 6.45) is 1.11. The number of nitrogens with two attached hydrogens (primary N) is 1. The first-order chi connectivity index (χ1) is 10.1. The summed E-state index contributed by atoms with van der Waals surface area (Å²) in [5.41, 5.74) is 9.18. The molecule has 110 valence electrons. The van der Waals surface area contributed by atoms with Crippen LogP contribution in [0.2, 0.25) is 5.02 Å². The van der Waals surface area contributed by atoms with Crippen molar-refractivity contribution in [1.82, 2.24) is 9.47 Å². The molecule has 4 heteroatoms. The van der Waals surface area contributed by atoms with E-state index < -0.39 is 0 Å². The number of hydrogen-bond donors (Lipinski definition) is 1. The number of anilines is 1. The van der Waals surface area contributed by atoms with E-state index >= 15 is 0 Å². The fourth-order valence-electron chi connectivity index (χ4n) is 2.88. The summed E-state index contributed by atoms with van der Waals surface area (Å²) in [6.45, 7) is 2.06. The van der Waals surface area contributed by atoms with Gasteiger partial charge in [0.25, 0.3) is 0 Å². The van der Waals surface area contributed by atoms with Crippen LogP contribution >= 0.6 is 11.6 Å². The molecule has 0 saturated heterocycles. The highest BCUT2D eigenvalue weighted by Gasteiger charge is 2.11. The van der Waals surface area contributed by atoms with Gasteiger partial charge in [0.1, 0.15) is 0 Å². The topological polar surface area (TPSA) is 34.2 Å². The second-order valence-corrected chi connectivity index (χ2v) is 6.18. The maximum atomic E-state index is 6.17. The number of benzene rings is 2. The summed E-state index contributed by atoms with van der Waals surface area (Å²) in [7, 11) is 4.21. The summed E-state index contributed by atoms with van der Waals surface area (Å²) in [5.74, 6) is 0. The van der Waals surface area contributed by atoms with Crippen molar-refractivity contribution in [2.45, 2.75) is 13.0 Å². The average Bonchev–Trinajstić information content (AvgIpc) is 2.72. The second kappa shape index (κ2) is 5.58. The summed E-state index contributed by atoms with van der Waals surface area (Å²) in [4.78, 5) is 2.21. The molecule has 0 unspecified atom stereocenters. The predicted molar refractivity (Wildman–Crippen MR) is 92.0 cm³/mol. The minimum Gasteiger partial charge on any atom is -0.399 e. The molecule has 0 spiro atoms. The first-order valence-electron chi connectivity index (χ1n) is 7.18. The monoisotopic (exact) mass is 301 g/mol. The van der Waals surface area contributed by atoms with Crippen LogP contribution in [0.15, 0.2) is 36.4 Å². The Hall–Kier alpha value is -1.71. The minimum absolute atomic E-state index is 0.761. The molecule has 1 heterocycles. The van der Waals surface area contributed by atoms with Crippen molar-refractivity contribution in [3.63, 3.8) is 0 Å². The molecule has 0 atom stereocenters. The first-order valence-corrected chi connectivity index (χ1v) is 7.56. The van der Waals surface area contributed by atoms with Crippen molar-refractivity contribution >= 4 is 39.1 Å². The Morgan fingerprint density at radius 1 is 1.05 bits per heavy atom. The van der Waals surface area contributed by atoms with E-state index in [0.29, 0.717) is 0 Å². The quantitative estimate of drug-likeness (QED) is 0.740. The lowest BCUT2D eigenvalue weighted by atomic mass is 10.1. The van der Waals surface area contributed by atoms with Crippen molar-refractivity contribution in [1.29, 1.82) is 0 Å². The molecular weight excluding hydrogens is 282 g/mol. The van der Waals surface area contributed by atoms with Crippen molar-refractivity contribution in [2.24, 2.45) is 0 Å². The van der Waals surface area contributed by atoms with E-state index in [1.165, 1.54) is 21.8 Å². The van der Waals surface area contributed by atoms with E-state index in [1.807, 2.05) is 24.3 Å². The van der Waals surface area contributed by atoms with E-state index in [1.54, 1.807) is 0 Å². The molecule has 1 aromatic heterocycles. The predicted octanol–water partition coefficient (Wildman–Crippen LogP) is 3.98. The number of aromatic nitrogens is 1. The molecule has 0 radical (unpaired) electrons. The lowest BCUT2D eigenvalue weighted by Crippen LogP contribution is -2.15. The summed E-state index contributed by atoms with van der Waals surface area (Å²) in [5, 5.41) is 3.12. The third kappa shape index (κ3) is 2.71. The molecule has 0 bridgehead atoms. The van der Waals surface area contributed by atoms with Gasteiger partial charge in [-0.1, -0.05) is 11.6 Å². The van der Waals surface area contributed by atoms with Crippen LogP contribution < -0.4 is 5.73 Å². The number of nitrogen functional groups attached to an aromatic ring is 1. The molecule has 0 fully saturated rings. The molecule has 2 aromatic carbocycles. The van der Waals surface area contributed by atoms with Gasteiger partial charge in [-0.15, -0.1) is 0 Å². The number of hydrogen-bond acceptors (Lipinski definition) is 2. The Morgan fingerprint density at radius 2 is 1.71 bits per heavy atom. The highest BCUT2D eigenvalue weighted by Crippen LogP contribution is 2.32. The maximum Gasteiger partial charge on any atom is 0.0492 e. The molecule has 3 rings (SSSR count). The third-order valence-electron chi connectivity index (χ3n) is 3.84. The molecule has 21 heavy (non-hydrogen) atoms. The number of halogens is 1. The minimum atomic E-state index is 0.761. The lowest BCUT2D eigenvalue weighted by Gasteiger charge is -2.11. The number of aryl methyl sites for hydroxylation is 1. The zero-order valence-electron chi connectivity index (χ0n) is 12.4. The van der Waals surface area contributed by atoms with E-state index in [4.69, 9.17) is 17.3 Å². The molecule has 0 aliphatic rings. The van der Waals surface area contributed by atoms with E-state index in [2.05, 4.69) is 35.7 Å². The van der Waals surface area contributed by atoms with Crippen LogP contribution in [0.5, 0.6) is 0 Å². The zero-order valence-corrected chi connectivity index (χ0v) is 13.2. The normalized spacial score (nSPS) is 11.8. The van der Waals surface area contributed by atoms with Crippen LogP contribution in [0, 0.1) is 0 Å². The summed E-state index contributed by atoms with van der Waals surface area (Å²) in [6, 6.07) is 12.2. The maximum absolute atomic E-state index is 6.17. The molecule has 3 aromatic rings. The lowest BCUT2D eigenvalue weighted by molar-refractivity contribution is 0.389. The molecule has 3 nitrogen and oxygen atoms in total. The molecule has 0 aliphatic heterocycles. The zero-order chi connectivity index (χ0) is 15.0. The Morgan fingerprint density at radius 3 is 2.43 bits per heavy atom. The van der Waals surface area contributed by atoms with Gasteiger partial charge in [0, 0.05) is 39.1 Å². The number of nitrogens with zero attached hydrogens (tertiary/aromatic N) is 2. The Bertz CT molecular complexity index is 730. The van der Waals surface area contributed by atoms with Crippen LogP contribution in [-0.2, 0) is 6.54 Å². The SMILES string of the molecule is CN(C)CCCn1c2ccc(N)cc2c2cc(Cl)ccc21. The van der Waals surface area contributed by atoms with Crippen LogP contribution in [0.3, 0.4) is 0 Å². The van der Waals surface area contributed by atoms with E-state index in [0.717, 1.165) is 30.2 Å². The highest BCUT2D eigenvalue weighted by molar-refractivity contribution is 6.31. The molecular formula is C17H20ClN3. The van der Waals surface area contributed by atoms with Crippen molar-refractivity contribution in [3.8, 4) is 0 Å². The van der Waals surface area contributed by atoms with Crippen LogP contribution in [0.1, 0.15) is 6.42 Å². The molecule has 0 amide bonds. The number of fused-ring (bicyclic) bond motifs is 3. The van der Waals surface area contributed by atoms with Gasteiger partial charge in [-0.25, -0.2) is 0 Å². The first kappa shape index (κ1) is 14.2. The number of rotatable bonds is 4. The van der Waals surface area contributed by atoms with Gasteiger partial charge in [-0.2, -0.15) is 0 Å². The van der Waals surface area contributed by atoms with Gasteiger partial charge < -0.3 is 15.2 Å². The second-order valence-electron chi connectivity index (χ2n) is 5.75. The van der Waals surface area contributed by atoms with Gasteiger partial charge in [-0.05, 0) is 63.5 Å². The van der Waals surface area contributed by atoms with E-state index in [-0.39, 0.29) is 0 Å². The van der Waals surface area contributed by atoms with Crippen LogP contribution in [0.25, 0.3) is 21.8 Å². The van der Waals surface area contributed by atoms with Crippen LogP contribution in [0.4, 0.5) is 5.69 Å². The van der Waals surface area contributed by atoms with Crippen molar-refractivity contribution in [2.75, 3.05) is 26.4 Å².